The standard InChI is InChI=1S/C10H20N2O2/c1-9(14)12-5-3-10(8-12)7-11-4-2-6-13/h10-11,13H,2-8H2,1H3. The van der Waals surface area contributed by atoms with Gasteiger partial charge < -0.3 is 15.3 Å². The van der Waals surface area contributed by atoms with Crippen LogP contribution in [0, 0.1) is 5.92 Å². The molecule has 0 aromatic carbocycles. The summed E-state index contributed by atoms with van der Waals surface area (Å²) in [6, 6.07) is 0. The van der Waals surface area contributed by atoms with Crippen molar-refractivity contribution in [2.75, 3.05) is 32.8 Å². The van der Waals surface area contributed by atoms with E-state index in [1.807, 2.05) is 4.90 Å². The maximum absolute atomic E-state index is 11.0. The fourth-order valence-electron chi connectivity index (χ4n) is 1.80. The fraction of sp³-hybridized carbons (Fsp3) is 0.900. The predicted octanol–water partition coefficient (Wildman–Crippen LogP) is -0.173. The van der Waals surface area contributed by atoms with E-state index in [2.05, 4.69) is 5.32 Å². The Morgan fingerprint density at radius 3 is 3.00 bits per heavy atom. The smallest absolute Gasteiger partial charge is 0.219 e. The van der Waals surface area contributed by atoms with E-state index in [0.717, 1.165) is 39.0 Å². The van der Waals surface area contributed by atoms with Gasteiger partial charge in [-0.15, -0.1) is 0 Å². The first-order valence-corrected chi connectivity index (χ1v) is 5.31. The number of carbonyl (C=O) groups is 1. The third-order valence-corrected chi connectivity index (χ3v) is 2.68. The molecule has 82 valence electrons. The number of likely N-dealkylation sites (tertiary alicyclic amines) is 1. The van der Waals surface area contributed by atoms with Crippen LogP contribution in [-0.2, 0) is 4.79 Å². The van der Waals surface area contributed by atoms with Gasteiger partial charge in [-0.3, -0.25) is 4.79 Å². The monoisotopic (exact) mass is 200 g/mol. The van der Waals surface area contributed by atoms with Crippen molar-refractivity contribution in [2.45, 2.75) is 19.8 Å². The Labute approximate surface area is 85.3 Å². The van der Waals surface area contributed by atoms with Gasteiger partial charge in [0.2, 0.25) is 5.91 Å². The molecule has 0 radical (unpaired) electrons. The first kappa shape index (κ1) is 11.5. The van der Waals surface area contributed by atoms with Gasteiger partial charge in [-0.25, -0.2) is 0 Å². The molecule has 4 heteroatoms. The van der Waals surface area contributed by atoms with Crippen LogP contribution < -0.4 is 5.32 Å². The Morgan fingerprint density at radius 1 is 1.64 bits per heavy atom. The molecule has 1 rings (SSSR count). The van der Waals surface area contributed by atoms with E-state index in [9.17, 15) is 4.79 Å². The molecule has 0 aliphatic carbocycles. The molecule has 1 amide bonds. The van der Waals surface area contributed by atoms with Crippen LogP contribution in [0.2, 0.25) is 0 Å². The van der Waals surface area contributed by atoms with Crippen LogP contribution in [0.4, 0.5) is 0 Å². The van der Waals surface area contributed by atoms with Gasteiger partial charge in [-0.05, 0) is 31.8 Å². The van der Waals surface area contributed by atoms with E-state index in [-0.39, 0.29) is 12.5 Å². The number of aliphatic hydroxyl groups is 1. The molecular weight excluding hydrogens is 180 g/mol. The molecular formula is C10H20N2O2. The summed E-state index contributed by atoms with van der Waals surface area (Å²) in [5.41, 5.74) is 0. The molecule has 0 saturated carbocycles. The van der Waals surface area contributed by atoms with Crippen LogP contribution in [0.3, 0.4) is 0 Å². The molecule has 2 N–H and O–H groups in total. The van der Waals surface area contributed by atoms with Crippen LogP contribution in [-0.4, -0.2) is 48.7 Å². The highest BCUT2D eigenvalue weighted by Gasteiger charge is 2.23. The van der Waals surface area contributed by atoms with Gasteiger partial charge in [0.25, 0.3) is 0 Å². The predicted molar refractivity (Wildman–Crippen MR) is 54.9 cm³/mol. The lowest BCUT2D eigenvalue weighted by molar-refractivity contribution is -0.127. The molecule has 0 aromatic rings. The topological polar surface area (TPSA) is 52.6 Å². The lowest BCUT2D eigenvalue weighted by atomic mass is 10.1. The summed E-state index contributed by atoms with van der Waals surface area (Å²) in [6.45, 7) is 5.50. The number of carbonyl (C=O) groups excluding carboxylic acids is 1. The fourth-order valence-corrected chi connectivity index (χ4v) is 1.80. The Hall–Kier alpha value is -0.610. The number of hydrogen-bond acceptors (Lipinski definition) is 3. The number of hydrogen-bond donors (Lipinski definition) is 2. The summed E-state index contributed by atoms with van der Waals surface area (Å²) in [6.07, 6.45) is 1.91. The number of amides is 1. The van der Waals surface area contributed by atoms with Crippen molar-refractivity contribution >= 4 is 5.91 Å². The second-order valence-electron chi connectivity index (χ2n) is 3.90. The molecule has 1 aliphatic rings. The minimum atomic E-state index is 0.183. The zero-order valence-corrected chi connectivity index (χ0v) is 8.83. The average molecular weight is 200 g/mol. The van der Waals surface area contributed by atoms with Gasteiger partial charge in [0, 0.05) is 26.6 Å². The van der Waals surface area contributed by atoms with Crippen molar-refractivity contribution in [1.29, 1.82) is 0 Å². The van der Waals surface area contributed by atoms with E-state index < -0.39 is 0 Å². The largest absolute Gasteiger partial charge is 0.396 e. The molecule has 0 bridgehead atoms. The summed E-state index contributed by atoms with van der Waals surface area (Å²) in [5, 5.41) is 11.9. The number of rotatable bonds is 5. The van der Waals surface area contributed by atoms with Gasteiger partial charge in [0.15, 0.2) is 0 Å². The quantitative estimate of drug-likeness (QED) is 0.606. The Bertz CT molecular complexity index is 185. The maximum Gasteiger partial charge on any atom is 0.219 e. The zero-order chi connectivity index (χ0) is 10.4. The molecule has 1 atom stereocenters. The van der Waals surface area contributed by atoms with Gasteiger partial charge >= 0.3 is 0 Å². The summed E-state index contributed by atoms with van der Waals surface area (Å²) in [5.74, 6) is 0.778. The van der Waals surface area contributed by atoms with Crippen LogP contribution in [0.1, 0.15) is 19.8 Å². The van der Waals surface area contributed by atoms with Crippen LogP contribution in [0.15, 0.2) is 0 Å². The Kier molecular flexibility index (Phi) is 4.90. The summed E-state index contributed by atoms with van der Waals surface area (Å²) >= 11 is 0. The lowest BCUT2D eigenvalue weighted by Crippen LogP contribution is -2.29. The van der Waals surface area contributed by atoms with E-state index in [1.165, 1.54) is 0 Å². The molecule has 1 saturated heterocycles. The van der Waals surface area contributed by atoms with Gasteiger partial charge in [0.1, 0.15) is 0 Å². The van der Waals surface area contributed by atoms with Crippen molar-refractivity contribution < 1.29 is 9.90 Å². The van der Waals surface area contributed by atoms with Crippen molar-refractivity contribution in [3.8, 4) is 0 Å². The first-order valence-electron chi connectivity index (χ1n) is 5.31. The molecule has 1 fully saturated rings. The van der Waals surface area contributed by atoms with Gasteiger partial charge in [-0.2, -0.15) is 0 Å². The van der Waals surface area contributed by atoms with Gasteiger partial charge in [0.05, 0.1) is 0 Å². The molecule has 14 heavy (non-hydrogen) atoms. The summed E-state index contributed by atoms with van der Waals surface area (Å²) in [4.78, 5) is 12.9. The van der Waals surface area contributed by atoms with Crippen molar-refractivity contribution in [3.63, 3.8) is 0 Å². The Morgan fingerprint density at radius 2 is 2.43 bits per heavy atom. The molecule has 4 nitrogen and oxygen atoms in total. The minimum Gasteiger partial charge on any atom is -0.396 e. The highest BCUT2D eigenvalue weighted by molar-refractivity contribution is 5.73. The molecule has 1 unspecified atom stereocenters. The lowest BCUT2D eigenvalue weighted by Gasteiger charge is -2.14. The van der Waals surface area contributed by atoms with Crippen LogP contribution in [0.25, 0.3) is 0 Å². The summed E-state index contributed by atoms with van der Waals surface area (Å²) in [7, 11) is 0. The SMILES string of the molecule is CC(=O)N1CCC(CNCCCO)C1. The van der Waals surface area contributed by atoms with Crippen LogP contribution in [0.5, 0.6) is 0 Å². The van der Waals surface area contributed by atoms with Gasteiger partial charge in [-0.1, -0.05) is 0 Å². The second-order valence-corrected chi connectivity index (χ2v) is 3.90. The average Bonchev–Trinajstić information content (AvgIpc) is 2.61. The third-order valence-electron chi connectivity index (χ3n) is 2.68. The van der Waals surface area contributed by atoms with Crippen LogP contribution >= 0.6 is 0 Å². The number of nitrogens with one attached hydrogen (secondary N) is 1. The van der Waals surface area contributed by atoms with Crippen molar-refractivity contribution in [3.05, 3.63) is 0 Å². The first-order chi connectivity index (χ1) is 6.74. The van der Waals surface area contributed by atoms with Crippen molar-refractivity contribution in [2.24, 2.45) is 5.92 Å². The maximum atomic E-state index is 11.0. The highest BCUT2D eigenvalue weighted by Crippen LogP contribution is 2.14. The normalized spacial score (nSPS) is 21.6. The van der Waals surface area contributed by atoms with E-state index in [4.69, 9.17) is 5.11 Å². The zero-order valence-electron chi connectivity index (χ0n) is 8.83. The van der Waals surface area contributed by atoms with Crippen molar-refractivity contribution in [1.82, 2.24) is 10.2 Å². The second kappa shape index (κ2) is 5.98. The Balaban J connectivity index is 2.07. The molecule has 1 heterocycles. The van der Waals surface area contributed by atoms with E-state index in [1.54, 1.807) is 6.92 Å². The van der Waals surface area contributed by atoms with E-state index in [0.29, 0.717) is 5.92 Å². The summed E-state index contributed by atoms with van der Waals surface area (Å²) < 4.78 is 0. The van der Waals surface area contributed by atoms with E-state index >= 15 is 0 Å². The molecule has 1 aliphatic heterocycles. The highest BCUT2D eigenvalue weighted by atomic mass is 16.3. The third kappa shape index (κ3) is 3.64. The number of nitrogens with zero attached hydrogens (tertiary/aromatic N) is 1. The number of aliphatic hydroxyl groups excluding tert-OH is 1. The molecule has 0 aromatic heterocycles. The molecule has 0 spiro atoms. The minimum absolute atomic E-state index is 0.183.